The number of benzene rings is 2. The van der Waals surface area contributed by atoms with Crippen LogP contribution in [0.15, 0.2) is 48.5 Å². The molecule has 3 N–H and O–H groups in total. The molecule has 4 nitrogen and oxygen atoms in total. The van der Waals surface area contributed by atoms with Gasteiger partial charge in [-0.05, 0) is 44.0 Å². The van der Waals surface area contributed by atoms with Crippen molar-refractivity contribution in [3.05, 3.63) is 65.2 Å². The number of alkyl halides is 3. The van der Waals surface area contributed by atoms with Crippen LogP contribution in [0.5, 0.6) is 0 Å². The normalized spacial score (nSPS) is 11.9. The summed E-state index contributed by atoms with van der Waals surface area (Å²) in [5.74, 6) is -1.06. The molecule has 0 heterocycles. The molecule has 0 fully saturated rings. The fraction of sp³-hybridized carbons (Fsp3) is 0.316. The van der Waals surface area contributed by atoms with Crippen LogP contribution in [-0.2, 0) is 12.6 Å². The number of anilines is 1. The third kappa shape index (κ3) is 6.76. The van der Waals surface area contributed by atoms with Crippen molar-refractivity contribution >= 4 is 11.7 Å². The van der Waals surface area contributed by atoms with Crippen LogP contribution in [0.4, 0.5) is 18.9 Å². The van der Waals surface area contributed by atoms with E-state index < -0.39 is 17.7 Å². The minimum absolute atomic E-state index is 0.128. The van der Waals surface area contributed by atoms with Gasteiger partial charge in [0, 0.05) is 18.3 Å². The lowest BCUT2D eigenvalue weighted by molar-refractivity contribution is -0.137. The molecule has 0 spiro atoms. The molecule has 1 atom stereocenters. The van der Waals surface area contributed by atoms with Crippen LogP contribution in [0.3, 0.4) is 0 Å². The van der Waals surface area contributed by atoms with Crippen LogP contribution in [0, 0.1) is 0 Å². The third-order valence-corrected chi connectivity index (χ3v) is 3.36. The highest BCUT2D eigenvalue weighted by molar-refractivity contribution is 5.94. The number of hydrogen-bond acceptors (Lipinski definition) is 3. The Balaban J connectivity index is 0.00000105. The van der Waals surface area contributed by atoms with Gasteiger partial charge in [-0.3, -0.25) is 0 Å². The Morgan fingerprint density at radius 1 is 1.15 bits per heavy atom. The van der Waals surface area contributed by atoms with Crippen LogP contribution >= 0.6 is 0 Å². The Bertz CT molecular complexity index is 717. The van der Waals surface area contributed by atoms with Gasteiger partial charge < -0.3 is 15.5 Å². The van der Waals surface area contributed by atoms with E-state index >= 15 is 0 Å². The Labute approximate surface area is 150 Å². The van der Waals surface area contributed by atoms with Crippen molar-refractivity contribution in [2.75, 3.05) is 11.9 Å². The number of carboxylic acid groups (broad SMARTS) is 1. The van der Waals surface area contributed by atoms with Crippen molar-refractivity contribution in [2.45, 2.75) is 32.5 Å². The molecule has 2 rings (SSSR count). The molecule has 7 heteroatoms. The lowest BCUT2D eigenvalue weighted by Gasteiger charge is -2.17. The van der Waals surface area contributed by atoms with Crippen molar-refractivity contribution in [1.29, 1.82) is 0 Å². The summed E-state index contributed by atoms with van der Waals surface area (Å²) in [5.41, 5.74) is 0.420. The van der Waals surface area contributed by atoms with Gasteiger partial charge in [0.25, 0.3) is 0 Å². The maximum atomic E-state index is 12.7. The molecule has 0 amide bonds. The quantitative estimate of drug-likeness (QED) is 0.729. The average molecular weight is 369 g/mol. The number of rotatable bonds is 5. The number of nitrogens with one attached hydrogen (secondary N) is 1. The van der Waals surface area contributed by atoms with E-state index in [2.05, 4.69) is 5.32 Å². The van der Waals surface area contributed by atoms with Gasteiger partial charge in [-0.1, -0.05) is 30.3 Å². The number of carboxylic acids is 1. The number of aromatic carboxylic acids is 1. The van der Waals surface area contributed by atoms with Gasteiger partial charge in [0.15, 0.2) is 0 Å². The Morgan fingerprint density at radius 2 is 1.77 bits per heavy atom. The van der Waals surface area contributed by atoms with E-state index in [1.54, 1.807) is 38.1 Å². The first-order chi connectivity index (χ1) is 12.2. The monoisotopic (exact) mass is 369 g/mol. The van der Waals surface area contributed by atoms with Gasteiger partial charge in [0.2, 0.25) is 0 Å². The maximum absolute atomic E-state index is 12.7. The maximum Gasteiger partial charge on any atom is 0.416 e. The van der Waals surface area contributed by atoms with Crippen LogP contribution in [0.1, 0.15) is 35.3 Å². The van der Waals surface area contributed by atoms with Gasteiger partial charge in [-0.25, -0.2) is 4.79 Å². The summed E-state index contributed by atoms with van der Waals surface area (Å²) in [5, 5.41) is 19.7. The molecule has 0 aromatic heterocycles. The number of hydrogen-bond donors (Lipinski definition) is 3. The molecule has 1 unspecified atom stereocenters. The molecule has 2 aromatic rings. The second-order valence-electron chi connectivity index (χ2n) is 5.61. The molecular formula is C19H22F3NO3. The topological polar surface area (TPSA) is 69.6 Å². The lowest BCUT2D eigenvalue weighted by Crippen LogP contribution is -2.20. The number of aliphatic hydroxyl groups is 1. The standard InChI is InChI=1S/C17H16F3NO2.C2H6O/c1-11(21-15-8-3-2-7-14(15)16(22)23)9-12-5-4-6-13(10-12)17(18,19)20;1-2-3/h2-8,10-11,21H,9H2,1H3,(H,22,23);3H,2H2,1H3. The summed E-state index contributed by atoms with van der Waals surface area (Å²) >= 11 is 0. The third-order valence-electron chi connectivity index (χ3n) is 3.36. The molecule has 0 saturated heterocycles. The first kappa shape index (κ1) is 21.5. The second kappa shape index (κ2) is 9.82. The number of aliphatic hydroxyl groups excluding tert-OH is 1. The van der Waals surface area contributed by atoms with E-state index in [0.29, 0.717) is 17.7 Å². The van der Waals surface area contributed by atoms with Gasteiger partial charge in [0.1, 0.15) is 0 Å². The second-order valence-corrected chi connectivity index (χ2v) is 5.61. The highest BCUT2D eigenvalue weighted by Crippen LogP contribution is 2.30. The van der Waals surface area contributed by atoms with E-state index in [1.807, 2.05) is 0 Å². The minimum atomic E-state index is -4.37. The van der Waals surface area contributed by atoms with Crippen LogP contribution < -0.4 is 5.32 Å². The highest BCUT2D eigenvalue weighted by Gasteiger charge is 2.30. The smallest absolute Gasteiger partial charge is 0.416 e. The summed E-state index contributed by atoms with van der Waals surface area (Å²) in [7, 11) is 0. The largest absolute Gasteiger partial charge is 0.478 e. The minimum Gasteiger partial charge on any atom is -0.478 e. The molecule has 0 bridgehead atoms. The SMILES string of the molecule is CC(Cc1cccc(C(F)(F)F)c1)Nc1ccccc1C(=O)O.CCO. The highest BCUT2D eigenvalue weighted by atomic mass is 19.4. The van der Waals surface area contributed by atoms with Gasteiger partial charge in [-0.2, -0.15) is 13.2 Å². The van der Waals surface area contributed by atoms with E-state index in [0.717, 1.165) is 12.1 Å². The summed E-state index contributed by atoms with van der Waals surface area (Å²) < 4.78 is 38.1. The molecule has 0 aliphatic carbocycles. The van der Waals surface area contributed by atoms with Crippen molar-refractivity contribution in [1.82, 2.24) is 0 Å². The molecule has 142 valence electrons. The van der Waals surface area contributed by atoms with Crippen molar-refractivity contribution < 1.29 is 28.2 Å². The molecule has 26 heavy (non-hydrogen) atoms. The van der Waals surface area contributed by atoms with Gasteiger partial charge in [0.05, 0.1) is 11.1 Å². The van der Waals surface area contributed by atoms with E-state index in [1.165, 1.54) is 12.1 Å². The summed E-state index contributed by atoms with van der Waals surface area (Å²) in [6.45, 7) is 3.72. The fourth-order valence-corrected chi connectivity index (χ4v) is 2.34. The molecule has 0 aliphatic heterocycles. The zero-order valence-corrected chi connectivity index (χ0v) is 14.5. The Morgan fingerprint density at radius 3 is 2.35 bits per heavy atom. The predicted molar refractivity (Wildman–Crippen MR) is 94.4 cm³/mol. The Kier molecular flexibility index (Phi) is 8.12. The first-order valence-electron chi connectivity index (χ1n) is 8.04. The van der Waals surface area contributed by atoms with Crippen LogP contribution in [0.25, 0.3) is 0 Å². The molecule has 0 aliphatic rings. The van der Waals surface area contributed by atoms with Crippen LogP contribution in [-0.4, -0.2) is 28.8 Å². The first-order valence-corrected chi connectivity index (χ1v) is 8.04. The molecular weight excluding hydrogens is 347 g/mol. The average Bonchev–Trinajstić information content (AvgIpc) is 2.55. The molecule has 0 radical (unpaired) electrons. The zero-order valence-electron chi connectivity index (χ0n) is 14.5. The summed E-state index contributed by atoms with van der Waals surface area (Å²) in [6, 6.07) is 11.3. The Hall–Kier alpha value is -2.54. The van der Waals surface area contributed by atoms with Crippen molar-refractivity contribution in [3.63, 3.8) is 0 Å². The van der Waals surface area contributed by atoms with Crippen LogP contribution in [0.2, 0.25) is 0 Å². The van der Waals surface area contributed by atoms with Crippen molar-refractivity contribution in [2.24, 2.45) is 0 Å². The lowest BCUT2D eigenvalue weighted by atomic mass is 10.0. The molecule has 0 saturated carbocycles. The molecule has 2 aromatic carbocycles. The van der Waals surface area contributed by atoms with E-state index in [4.69, 9.17) is 10.2 Å². The van der Waals surface area contributed by atoms with Gasteiger partial charge in [-0.15, -0.1) is 0 Å². The van der Waals surface area contributed by atoms with E-state index in [-0.39, 0.29) is 18.2 Å². The fourth-order valence-electron chi connectivity index (χ4n) is 2.34. The summed E-state index contributed by atoms with van der Waals surface area (Å²) in [6.07, 6.45) is -4.03. The predicted octanol–water partition coefficient (Wildman–Crippen LogP) is 4.45. The van der Waals surface area contributed by atoms with E-state index in [9.17, 15) is 18.0 Å². The van der Waals surface area contributed by atoms with Gasteiger partial charge >= 0.3 is 12.1 Å². The number of carbonyl (C=O) groups is 1. The van der Waals surface area contributed by atoms with Crippen molar-refractivity contribution in [3.8, 4) is 0 Å². The number of halogens is 3. The number of para-hydroxylation sites is 1. The summed E-state index contributed by atoms with van der Waals surface area (Å²) in [4.78, 5) is 11.2. The zero-order chi connectivity index (χ0) is 19.7.